The van der Waals surface area contributed by atoms with Crippen molar-refractivity contribution in [2.45, 2.75) is 44.4 Å². The maximum absolute atomic E-state index is 12.9. The van der Waals surface area contributed by atoms with E-state index in [9.17, 15) is 19.5 Å². The zero-order valence-corrected chi connectivity index (χ0v) is 15.7. The largest absolute Gasteiger partial charge is 0.396 e. The molecular formula is C20H26N4O4. The molecule has 0 aromatic heterocycles. The maximum atomic E-state index is 12.9. The zero-order valence-electron chi connectivity index (χ0n) is 15.7. The number of amides is 3. The number of fused-ring (bicyclic) bond motifs is 1. The second kappa shape index (κ2) is 7.98. The van der Waals surface area contributed by atoms with Gasteiger partial charge in [-0.05, 0) is 36.6 Å². The number of nitrogens with one attached hydrogen (secondary N) is 3. The Kier molecular flexibility index (Phi) is 5.43. The molecule has 3 atom stereocenters. The van der Waals surface area contributed by atoms with Crippen LogP contribution in [-0.2, 0) is 22.7 Å². The number of aliphatic hydroxyl groups excluding tert-OH is 1. The van der Waals surface area contributed by atoms with Gasteiger partial charge in [-0.1, -0.05) is 12.1 Å². The minimum absolute atomic E-state index is 0.138. The third kappa shape index (κ3) is 3.55. The lowest BCUT2D eigenvalue weighted by atomic mass is 9.93. The standard InChI is InChI=1S/C20H26N4O4/c25-11-13-8-21-7-6-16(13)22-9-12-2-1-3-14-15(12)10-24(20(14)28)17-4-5-18(26)23-19(17)27/h1-3,13,16-17,21-22,25H,4-11H2,(H,23,26,27). The predicted molar refractivity (Wildman–Crippen MR) is 101 cm³/mol. The Morgan fingerprint density at radius 3 is 2.86 bits per heavy atom. The van der Waals surface area contributed by atoms with E-state index < -0.39 is 11.9 Å². The van der Waals surface area contributed by atoms with Crippen LogP contribution in [0.2, 0.25) is 0 Å². The third-order valence-electron chi connectivity index (χ3n) is 6.08. The van der Waals surface area contributed by atoms with Crippen molar-refractivity contribution in [3.8, 4) is 0 Å². The highest BCUT2D eigenvalue weighted by molar-refractivity contribution is 6.05. The number of hydrogen-bond acceptors (Lipinski definition) is 6. The van der Waals surface area contributed by atoms with E-state index in [1.807, 2.05) is 12.1 Å². The SMILES string of the molecule is O=C1CCC(N2Cc3c(CNC4CCNCC4CO)cccc3C2=O)C(=O)N1. The van der Waals surface area contributed by atoms with Gasteiger partial charge < -0.3 is 20.6 Å². The minimum Gasteiger partial charge on any atom is -0.396 e. The molecule has 28 heavy (non-hydrogen) atoms. The molecule has 0 saturated carbocycles. The van der Waals surface area contributed by atoms with E-state index in [1.165, 1.54) is 0 Å². The van der Waals surface area contributed by atoms with Crippen LogP contribution < -0.4 is 16.0 Å². The fourth-order valence-electron chi connectivity index (χ4n) is 4.44. The van der Waals surface area contributed by atoms with Crippen molar-refractivity contribution in [2.24, 2.45) is 5.92 Å². The number of piperidine rings is 2. The first-order valence-corrected chi connectivity index (χ1v) is 9.89. The highest BCUT2D eigenvalue weighted by Crippen LogP contribution is 2.30. The molecule has 0 bridgehead atoms. The second-order valence-electron chi connectivity index (χ2n) is 7.77. The van der Waals surface area contributed by atoms with Crippen LogP contribution >= 0.6 is 0 Å². The van der Waals surface area contributed by atoms with Gasteiger partial charge in [0.25, 0.3) is 5.91 Å². The number of nitrogens with zero attached hydrogens (tertiary/aromatic N) is 1. The van der Waals surface area contributed by atoms with Crippen LogP contribution in [0.5, 0.6) is 0 Å². The number of imide groups is 1. The van der Waals surface area contributed by atoms with Crippen molar-refractivity contribution >= 4 is 17.7 Å². The molecule has 3 heterocycles. The monoisotopic (exact) mass is 386 g/mol. The topological polar surface area (TPSA) is 111 Å². The predicted octanol–water partition coefficient (Wildman–Crippen LogP) is -0.492. The molecular weight excluding hydrogens is 360 g/mol. The maximum Gasteiger partial charge on any atom is 0.255 e. The molecule has 3 amide bonds. The summed E-state index contributed by atoms with van der Waals surface area (Å²) in [6, 6.07) is 5.30. The van der Waals surface area contributed by atoms with Crippen LogP contribution in [0.15, 0.2) is 18.2 Å². The third-order valence-corrected chi connectivity index (χ3v) is 6.08. The van der Waals surface area contributed by atoms with Crippen molar-refractivity contribution in [3.63, 3.8) is 0 Å². The Balaban J connectivity index is 1.48. The van der Waals surface area contributed by atoms with E-state index in [4.69, 9.17) is 0 Å². The minimum atomic E-state index is -0.596. The van der Waals surface area contributed by atoms with Gasteiger partial charge in [-0.3, -0.25) is 19.7 Å². The lowest BCUT2D eigenvalue weighted by molar-refractivity contribution is -0.136. The molecule has 4 N–H and O–H groups in total. The fraction of sp³-hybridized carbons (Fsp3) is 0.550. The van der Waals surface area contributed by atoms with Crippen LogP contribution in [-0.4, -0.2) is 59.5 Å². The summed E-state index contributed by atoms with van der Waals surface area (Å²) in [5.74, 6) is -0.651. The summed E-state index contributed by atoms with van der Waals surface area (Å²) >= 11 is 0. The number of benzene rings is 1. The number of hydrogen-bond donors (Lipinski definition) is 4. The van der Waals surface area contributed by atoms with Gasteiger partial charge in [0.15, 0.2) is 0 Å². The Morgan fingerprint density at radius 1 is 1.21 bits per heavy atom. The molecule has 8 heteroatoms. The number of aliphatic hydroxyl groups is 1. The first-order valence-electron chi connectivity index (χ1n) is 9.89. The molecule has 2 saturated heterocycles. The molecule has 4 rings (SSSR count). The van der Waals surface area contributed by atoms with Crippen LogP contribution in [0.1, 0.15) is 40.7 Å². The van der Waals surface area contributed by atoms with Crippen LogP contribution in [0.3, 0.4) is 0 Å². The van der Waals surface area contributed by atoms with E-state index in [2.05, 4.69) is 16.0 Å². The normalized spacial score (nSPS) is 27.7. The van der Waals surface area contributed by atoms with Gasteiger partial charge in [-0.2, -0.15) is 0 Å². The number of rotatable bonds is 5. The summed E-state index contributed by atoms with van der Waals surface area (Å²) in [6.07, 6.45) is 1.57. The number of carbonyl (C=O) groups excluding carboxylic acids is 3. The highest BCUT2D eigenvalue weighted by Gasteiger charge is 2.39. The smallest absolute Gasteiger partial charge is 0.255 e. The van der Waals surface area contributed by atoms with Gasteiger partial charge in [0.1, 0.15) is 6.04 Å². The van der Waals surface area contributed by atoms with Crippen molar-refractivity contribution in [2.75, 3.05) is 19.7 Å². The van der Waals surface area contributed by atoms with Gasteiger partial charge >= 0.3 is 0 Å². The Labute approximate surface area is 163 Å². The van der Waals surface area contributed by atoms with Gasteiger partial charge in [0.05, 0.1) is 0 Å². The molecule has 3 unspecified atom stereocenters. The summed E-state index contributed by atoms with van der Waals surface area (Å²) in [7, 11) is 0. The van der Waals surface area contributed by atoms with E-state index >= 15 is 0 Å². The summed E-state index contributed by atoms with van der Waals surface area (Å²) in [5.41, 5.74) is 2.61. The fourth-order valence-corrected chi connectivity index (χ4v) is 4.44. The Hall–Kier alpha value is -2.29. The summed E-state index contributed by atoms with van der Waals surface area (Å²) < 4.78 is 0. The van der Waals surface area contributed by atoms with Crippen LogP contribution in [0.25, 0.3) is 0 Å². The average molecular weight is 386 g/mol. The molecule has 1 aromatic carbocycles. The zero-order chi connectivity index (χ0) is 19.7. The molecule has 8 nitrogen and oxygen atoms in total. The van der Waals surface area contributed by atoms with E-state index in [0.717, 1.165) is 30.6 Å². The Bertz CT molecular complexity index is 796. The summed E-state index contributed by atoms with van der Waals surface area (Å²) in [4.78, 5) is 38.1. The van der Waals surface area contributed by atoms with Gasteiger partial charge in [0.2, 0.25) is 11.8 Å². The molecule has 3 aliphatic rings. The lowest BCUT2D eigenvalue weighted by Gasteiger charge is -2.32. The van der Waals surface area contributed by atoms with Crippen molar-refractivity contribution in [1.29, 1.82) is 0 Å². The van der Waals surface area contributed by atoms with Crippen molar-refractivity contribution in [1.82, 2.24) is 20.9 Å². The first-order chi connectivity index (χ1) is 13.6. The molecule has 2 fully saturated rings. The molecule has 0 radical (unpaired) electrons. The average Bonchev–Trinajstić information content (AvgIpc) is 3.04. The lowest BCUT2D eigenvalue weighted by Crippen LogP contribution is -2.52. The Morgan fingerprint density at radius 2 is 2.07 bits per heavy atom. The van der Waals surface area contributed by atoms with E-state index in [-0.39, 0.29) is 36.8 Å². The van der Waals surface area contributed by atoms with E-state index in [0.29, 0.717) is 25.1 Å². The van der Waals surface area contributed by atoms with Crippen LogP contribution in [0, 0.1) is 5.92 Å². The molecule has 0 aliphatic carbocycles. The van der Waals surface area contributed by atoms with Crippen molar-refractivity contribution in [3.05, 3.63) is 34.9 Å². The van der Waals surface area contributed by atoms with Gasteiger partial charge in [-0.25, -0.2) is 0 Å². The van der Waals surface area contributed by atoms with Crippen LogP contribution in [0.4, 0.5) is 0 Å². The van der Waals surface area contributed by atoms with E-state index in [1.54, 1.807) is 11.0 Å². The van der Waals surface area contributed by atoms with Crippen molar-refractivity contribution < 1.29 is 19.5 Å². The number of carbonyl (C=O) groups is 3. The molecule has 150 valence electrons. The highest BCUT2D eigenvalue weighted by atomic mass is 16.3. The molecule has 0 spiro atoms. The first kappa shape index (κ1) is 19.0. The van der Waals surface area contributed by atoms with Gasteiger partial charge in [-0.15, -0.1) is 0 Å². The second-order valence-corrected chi connectivity index (χ2v) is 7.77. The quantitative estimate of drug-likeness (QED) is 0.508. The summed E-state index contributed by atoms with van der Waals surface area (Å²) in [6.45, 7) is 2.85. The van der Waals surface area contributed by atoms with Gasteiger partial charge in [0, 0.05) is 50.2 Å². The molecule has 1 aromatic rings. The summed E-state index contributed by atoms with van der Waals surface area (Å²) in [5, 5.41) is 18.7. The molecule has 3 aliphatic heterocycles.